The first-order valence-corrected chi connectivity index (χ1v) is 7.60. The van der Waals surface area contributed by atoms with Gasteiger partial charge in [0.15, 0.2) is 11.5 Å². The second-order valence-corrected chi connectivity index (χ2v) is 4.62. The third-order valence-corrected chi connectivity index (χ3v) is 3.04. The van der Waals surface area contributed by atoms with Crippen molar-refractivity contribution in [2.45, 2.75) is 39.7 Å². The molecule has 1 atom stereocenters. The number of benzene rings is 1. The van der Waals surface area contributed by atoms with E-state index in [4.69, 9.17) is 19.9 Å². The highest BCUT2D eigenvalue weighted by molar-refractivity contribution is 5.54. The Labute approximate surface area is 127 Å². The minimum atomic E-state index is -0.0721. The van der Waals surface area contributed by atoms with Crippen molar-refractivity contribution in [3.8, 4) is 17.2 Å². The second kappa shape index (κ2) is 9.29. The van der Waals surface area contributed by atoms with Crippen LogP contribution in [0.25, 0.3) is 0 Å². The number of nitrogens with two attached hydrogens (primary N) is 1. The van der Waals surface area contributed by atoms with Crippen LogP contribution in [-0.4, -0.2) is 19.8 Å². The van der Waals surface area contributed by atoms with Gasteiger partial charge in [0.25, 0.3) is 0 Å². The van der Waals surface area contributed by atoms with Crippen LogP contribution in [-0.2, 0) is 0 Å². The molecule has 0 aliphatic carbocycles. The minimum Gasteiger partial charge on any atom is -0.490 e. The van der Waals surface area contributed by atoms with E-state index in [1.165, 1.54) is 0 Å². The molecule has 1 aromatic rings. The molecule has 2 N–H and O–H groups in total. The molecule has 0 aliphatic rings. The molecule has 1 unspecified atom stereocenters. The number of ether oxygens (including phenoxy) is 3. The van der Waals surface area contributed by atoms with Crippen LogP contribution in [0.15, 0.2) is 24.8 Å². The maximum atomic E-state index is 6.24. The van der Waals surface area contributed by atoms with E-state index in [-0.39, 0.29) is 6.04 Å². The maximum Gasteiger partial charge on any atom is 0.203 e. The Kier molecular flexibility index (Phi) is 7.69. The number of hydrogen-bond acceptors (Lipinski definition) is 4. The summed E-state index contributed by atoms with van der Waals surface area (Å²) in [6, 6.07) is 3.83. The zero-order chi connectivity index (χ0) is 15.7. The van der Waals surface area contributed by atoms with Crippen molar-refractivity contribution in [2.24, 2.45) is 5.73 Å². The Bertz CT molecular complexity index is 419. The molecule has 0 heterocycles. The summed E-state index contributed by atoms with van der Waals surface area (Å²) in [5.41, 5.74) is 7.23. The Morgan fingerprint density at radius 2 is 1.57 bits per heavy atom. The molecule has 0 saturated carbocycles. The van der Waals surface area contributed by atoms with E-state index in [9.17, 15) is 0 Å². The van der Waals surface area contributed by atoms with Crippen LogP contribution in [0.2, 0.25) is 0 Å². The van der Waals surface area contributed by atoms with E-state index in [1.54, 1.807) is 0 Å². The van der Waals surface area contributed by atoms with Gasteiger partial charge in [0.05, 0.1) is 19.8 Å². The third kappa shape index (κ3) is 4.97. The lowest BCUT2D eigenvalue weighted by Gasteiger charge is -2.19. The van der Waals surface area contributed by atoms with Gasteiger partial charge in [-0.2, -0.15) is 0 Å². The maximum absolute atomic E-state index is 6.24. The van der Waals surface area contributed by atoms with Gasteiger partial charge in [0.1, 0.15) is 0 Å². The predicted molar refractivity (Wildman–Crippen MR) is 86.3 cm³/mol. The smallest absolute Gasteiger partial charge is 0.203 e. The number of allylic oxidation sites excluding steroid dienone is 1. The second-order valence-electron chi connectivity index (χ2n) is 4.62. The molecule has 0 aliphatic heterocycles. The van der Waals surface area contributed by atoms with Crippen LogP contribution in [0.4, 0.5) is 0 Å². The van der Waals surface area contributed by atoms with Gasteiger partial charge in [-0.05, 0) is 51.3 Å². The average molecular weight is 293 g/mol. The van der Waals surface area contributed by atoms with Crippen molar-refractivity contribution in [3.63, 3.8) is 0 Å². The summed E-state index contributed by atoms with van der Waals surface area (Å²) in [7, 11) is 0. The molecule has 21 heavy (non-hydrogen) atoms. The molecular formula is C17H27NO3. The summed E-state index contributed by atoms with van der Waals surface area (Å²) in [6.07, 6.45) is 3.60. The molecule has 4 heteroatoms. The highest BCUT2D eigenvalue weighted by atomic mass is 16.5. The molecule has 118 valence electrons. The summed E-state index contributed by atoms with van der Waals surface area (Å²) in [5, 5.41) is 0. The number of hydrogen-bond donors (Lipinski definition) is 1. The number of rotatable bonds is 10. The topological polar surface area (TPSA) is 53.7 Å². The summed E-state index contributed by atoms with van der Waals surface area (Å²) >= 11 is 0. The standard InChI is InChI=1S/C17H27NO3/c1-5-9-10-14(18)13-11-15(19-6-2)17(21-8-4)16(12-13)20-7-3/h5,11-12,14H,1,6-10,18H2,2-4H3. The van der Waals surface area contributed by atoms with E-state index in [2.05, 4.69) is 6.58 Å². The van der Waals surface area contributed by atoms with Gasteiger partial charge in [0, 0.05) is 6.04 Å². The van der Waals surface area contributed by atoms with E-state index < -0.39 is 0 Å². The van der Waals surface area contributed by atoms with Crippen molar-refractivity contribution < 1.29 is 14.2 Å². The lowest BCUT2D eigenvalue weighted by Crippen LogP contribution is -2.11. The van der Waals surface area contributed by atoms with Crippen molar-refractivity contribution in [2.75, 3.05) is 19.8 Å². The van der Waals surface area contributed by atoms with Gasteiger partial charge >= 0.3 is 0 Å². The molecule has 0 spiro atoms. The van der Waals surface area contributed by atoms with Crippen LogP contribution in [0.1, 0.15) is 45.2 Å². The Morgan fingerprint density at radius 1 is 1.05 bits per heavy atom. The fourth-order valence-electron chi connectivity index (χ4n) is 2.09. The Balaban J connectivity index is 3.17. The first-order chi connectivity index (χ1) is 10.2. The van der Waals surface area contributed by atoms with Gasteiger partial charge in [-0.15, -0.1) is 6.58 Å². The molecule has 0 fully saturated rings. The fraction of sp³-hybridized carbons (Fsp3) is 0.529. The SMILES string of the molecule is C=CCCC(N)c1cc(OCC)c(OCC)c(OCC)c1. The molecule has 1 aromatic carbocycles. The van der Waals surface area contributed by atoms with E-state index >= 15 is 0 Å². The molecule has 0 amide bonds. The highest BCUT2D eigenvalue weighted by Gasteiger charge is 2.17. The van der Waals surface area contributed by atoms with Gasteiger partial charge < -0.3 is 19.9 Å². The summed E-state index contributed by atoms with van der Waals surface area (Å²) < 4.78 is 17.1. The van der Waals surface area contributed by atoms with Crippen LogP contribution in [0.5, 0.6) is 17.2 Å². The van der Waals surface area contributed by atoms with Crippen molar-refractivity contribution in [3.05, 3.63) is 30.4 Å². The van der Waals surface area contributed by atoms with Crippen molar-refractivity contribution in [1.82, 2.24) is 0 Å². The van der Waals surface area contributed by atoms with Gasteiger partial charge in [-0.3, -0.25) is 0 Å². The van der Waals surface area contributed by atoms with Crippen LogP contribution >= 0.6 is 0 Å². The van der Waals surface area contributed by atoms with Gasteiger partial charge in [-0.25, -0.2) is 0 Å². The zero-order valence-electron chi connectivity index (χ0n) is 13.4. The van der Waals surface area contributed by atoms with E-state index in [1.807, 2.05) is 39.0 Å². The first-order valence-electron chi connectivity index (χ1n) is 7.60. The minimum absolute atomic E-state index is 0.0721. The summed E-state index contributed by atoms with van der Waals surface area (Å²) in [6.45, 7) is 11.3. The fourth-order valence-corrected chi connectivity index (χ4v) is 2.09. The van der Waals surface area contributed by atoms with E-state index in [0.717, 1.165) is 18.4 Å². The lowest BCUT2D eigenvalue weighted by molar-refractivity contribution is 0.260. The monoisotopic (exact) mass is 293 g/mol. The van der Waals surface area contributed by atoms with Crippen LogP contribution in [0.3, 0.4) is 0 Å². The van der Waals surface area contributed by atoms with Crippen LogP contribution in [0, 0.1) is 0 Å². The largest absolute Gasteiger partial charge is 0.490 e. The average Bonchev–Trinajstić information content (AvgIpc) is 2.48. The molecule has 0 aromatic heterocycles. The molecule has 0 saturated heterocycles. The summed E-state index contributed by atoms with van der Waals surface area (Å²) in [5.74, 6) is 2.03. The Morgan fingerprint density at radius 3 is 2.00 bits per heavy atom. The lowest BCUT2D eigenvalue weighted by atomic mass is 10.0. The third-order valence-electron chi connectivity index (χ3n) is 3.04. The molecule has 0 bridgehead atoms. The Hall–Kier alpha value is -1.68. The zero-order valence-corrected chi connectivity index (χ0v) is 13.4. The first kappa shape index (κ1) is 17.4. The van der Waals surface area contributed by atoms with Crippen molar-refractivity contribution in [1.29, 1.82) is 0 Å². The normalized spacial score (nSPS) is 11.8. The highest BCUT2D eigenvalue weighted by Crippen LogP contribution is 2.40. The summed E-state index contributed by atoms with van der Waals surface area (Å²) in [4.78, 5) is 0. The quantitative estimate of drug-likeness (QED) is 0.666. The molecule has 0 radical (unpaired) electrons. The molecular weight excluding hydrogens is 266 g/mol. The molecule has 4 nitrogen and oxygen atoms in total. The van der Waals surface area contributed by atoms with Gasteiger partial charge in [-0.1, -0.05) is 6.08 Å². The van der Waals surface area contributed by atoms with Crippen molar-refractivity contribution >= 4 is 0 Å². The molecule has 1 rings (SSSR count). The predicted octanol–water partition coefficient (Wildman–Crippen LogP) is 3.85. The van der Waals surface area contributed by atoms with Gasteiger partial charge in [0.2, 0.25) is 5.75 Å². The van der Waals surface area contributed by atoms with E-state index in [0.29, 0.717) is 37.1 Å². The van der Waals surface area contributed by atoms with Crippen LogP contribution < -0.4 is 19.9 Å².